The summed E-state index contributed by atoms with van der Waals surface area (Å²) >= 11 is 1.06. The molecule has 17 heavy (non-hydrogen) atoms. The molecule has 88 valence electrons. The predicted octanol–water partition coefficient (Wildman–Crippen LogP) is 2.97. The number of hydrogen-bond acceptors (Lipinski definition) is 4. The zero-order chi connectivity index (χ0) is 12.3. The van der Waals surface area contributed by atoms with Gasteiger partial charge in [0, 0.05) is 5.56 Å². The molecule has 1 heterocycles. The van der Waals surface area contributed by atoms with E-state index >= 15 is 0 Å². The molecule has 1 aromatic carbocycles. The SMILES string of the molecule is CC(C)Cc1cccc(C(=O)c2cnsn2)c1. The Balaban J connectivity index is 2.24. The molecule has 0 N–H and O–H groups in total. The lowest BCUT2D eigenvalue weighted by molar-refractivity contribution is 0.103. The fraction of sp³-hybridized carbons (Fsp3) is 0.308. The van der Waals surface area contributed by atoms with Crippen LogP contribution in [0, 0.1) is 5.92 Å². The molecular weight excluding hydrogens is 232 g/mol. The maximum atomic E-state index is 12.0. The number of hydrogen-bond donors (Lipinski definition) is 0. The molecule has 0 saturated carbocycles. The Morgan fingerprint density at radius 2 is 2.24 bits per heavy atom. The average molecular weight is 246 g/mol. The molecule has 0 spiro atoms. The van der Waals surface area contributed by atoms with Crippen LogP contribution in [0.3, 0.4) is 0 Å². The van der Waals surface area contributed by atoms with E-state index in [1.807, 2.05) is 18.2 Å². The lowest BCUT2D eigenvalue weighted by Crippen LogP contribution is -2.03. The second-order valence-electron chi connectivity index (χ2n) is 4.42. The van der Waals surface area contributed by atoms with Gasteiger partial charge in [0.15, 0.2) is 0 Å². The Morgan fingerprint density at radius 3 is 2.88 bits per heavy atom. The van der Waals surface area contributed by atoms with Gasteiger partial charge in [-0.05, 0) is 24.0 Å². The minimum absolute atomic E-state index is 0.0515. The summed E-state index contributed by atoms with van der Waals surface area (Å²) in [6, 6.07) is 7.74. The summed E-state index contributed by atoms with van der Waals surface area (Å²) in [7, 11) is 0. The highest BCUT2D eigenvalue weighted by Gasteiger charge is 2.12. The fourth-order valence-electron chi connectivity index (χ4n) is 1.72. The molecule has 0 aliphatic heterocycles. The van der Waals surface area contributed by atoms with Crippen LogP contribution in [-0.4, -0.2) is 14.5 Å². The first-order valence-corrected chi connectivity index (χ1v) is 6.31. The van der Waals surface area contributed by atoms with Gasteiger partial charge in [-0.25, -0.2) is 0 Å². The van der Waals surface area contributed by atoms with Crippen molar-refractivity contribution >= 4 is 17.5 Å². The van der Waals surface area contributed by atoms with Gasteiger partial charge in [0.25, 0.3) is 0 Å². The molecule has 3 nitrogen and oxygen atoms in total. The van der Waals surface area contributed by atoms with E-state index in [4.69, 9.17) is 0 Å². The van der Waals surface area contributed by atoms with Crippen molar-refractivity contribution in [1.29, 1.82) is 0 Å². The van der Waals surface area contributed by atoms with Crippen LogP contribution in [0.25, 0.3) is 0 Å². The van der Waals surface area contributed by atoms with Crippen LogP contribution in [0.4, 0.5) is 0 Å². The number of rotatable bonds is 4. The quantitative estimate of drug-likeness (QED) is 0.779. The van der Waals surface area contributed by atoms with Crippen LogP contribution >= 0.6 is 11.7 Å². The maximum absolute atomic E-state index is 12.0. The van der Waals surface area contributed by atoms with E-state index in [9.17, 15) is 4.79 Å². The van der Waals surface area contributed by atoms with Crippen molar-refractivity contribution in [1.82, 2.24) is 8.75 Å². The van der Waals surface area contributed by atoms with Crippen molar-refractivity contribution in [2.24, 2.45) is 5.92 Å². The van der Waals surface area contributed by atoms with Crippen molar-refractivity contribution in [2.75, 3.05) is 0 Å². The molecule has 0 aliphatic carbocycles. The standard InChI is InChI=1S/C13H14N2OS/c1-9(2)6-10-4-3-5-11(7-10)13(16)12-8-14-17-15-12/h3-5,7-9H,6H2,1-2H3. The summed E-state index contributed by atoms with van der Waals surface area (Å²) in [5, 5.41) is 0. The third kappa shape index (κ3) is 2.97. The van der Waals surface area contributed by atoms with E-state index in [2.05, 4.69) is 28.7 Å². The Labute approximate surface area is 105 Å². The summed E-state index contributed by atoms with van der Waals surface area (Å²) in [5.41, 5.74) is 2.31. The zero-order valence-electron chi connectivity index (χ0n) is 9.88. The second-order valence-corrected chi connectivity index (χ2v) is 4.98. The van der Waals surface area contributed by atoms with Crippen LogP contribution < -0.4 is 0 Å². The van der Waals surface area contributed by atoms with Crippen molar-refractivity contribution in [3.05, 3.63) is 47.3 Å². The second kappa shape index (κ2) is 5.19. The minimum atomic E-state index is -0.0515. The van der Waals surface area contributed by atoms with Crippen LogP contribution in [0.15, 0.2) is 30.5 Å². The molecule has 0 fully saturated rings. The highest BCUT2D eigenvalue weighted by Crippen LogP contribution is 2.13. The first kappa shape index (κ1) is 11.9. The summed E-state index contributed by atoms with van der Waals surface area (Å²) in [6.07, 6.45) is 2.50. The topological polar surface area (TPSA) is 42.9 Å². The molecular formula is C13H14N2OS. The van der Waals surface area contributed by atoms with E-state index < -0.39 is 0 Å². The van der Waals surface area contributed by atoms with E-state index in [1.54, 1.807) is 0 Å². The van der Waals surface area contributed by atoms with Gasteiger partial charge in [-0.2, -0.15) is 8.75 Å². The summed E-state index contributed by atoms with van der Waals surface area (Å²) in [6.45, 7) is 4.33. The first-order valence-electron chi connectivity index (χ1n) is 5.58. The van der Waals surface area contributed by atoms with Crippen molar-refractivity contribution < 1.29 is 4.79 Å². The van der Waals surface area contributed by atoms with Gasteiger partial charge in [-0.3, -0.25) is 4.79 Å². The van der Waals surface area contributed by atoms with Gasteiger partial charge in [0.05, 0.1) is 17.9 Å². The largest absolute Gasteiger partial charge is 0.287 e. The average Bonchev–Trinajstić information content (AvgIpc) is 2.81. The maximum Gasteiger partial charge on any atom is 0.214 e. The van der Waals surface area contributed by atoms with Crippen LogP contribution in [0.5, 0.6) is 0 Å². The summed E-state index contributed by atoms with van der Waals surface area (Å²) in [4.78, 5) is 12.0. The van der Waals surface area contributed by atoms with Gasteiger partial charge in [-0.1, -0.05) is 32.0 Å². The summed E-state index contributed by atoms with van der Waals surface area (Å²) in [5.74, 6) is 0.533. The number of ketones is 1. The Bertz CT molecular complexity index is 506. The molecule has 4 heteroatoms. The number of carbonyl (C=O) groups excluding carboxylic acids is 1. The van der Waals surface area contributed by atoms with Gasteiger partial charge in [-0.15, -0.1) is 0 Å². The summed E-state index contributed by atoms with van der Waals surface area (Å²) < 4.78 is 7.81. The van der Waals surface area contributed by atoms with Crippen molar-refractivity contribution in [3.8, 4) is 0 Å². The molecule has 2 aromatic rings. The Kier molecular flexibility index (Phi) is 3.64. The number of carbonyl (C=O) groups is 1. The Hall–Kier alpha value is -1.55. The van der Waals surface area contributed by atoms with Crippen molar-refractivity contribution in [2.45, 2.75) is 20.3 Å². The van der Waals surface area contributed by atoms with Crippen molar-refractivity contribution in [3.63, 3.8) is 0 Å². The van der Waals surface area contributed by atoms with E-state index in [0.717, 1.165) is 18.1 Å². The minimum Gasteiger partial charge on any atom is -0.287 e. The third-order valence-electron chi connectivity index (χ3n) is 2.43. The fourth-order valence-corrected chi connectivity index (χ4v) is 2.14. The number of benzene rings is 1. The van der Waals surface area contributed by atoms with Gasteiger partial charge in [0.1, 0.15) is 5.69 Å². The van der Waals surface area contributed by atoms with E-state index in [1.165, 1.54) is 11.8 Å². The number of aromatic nitrogens is 2. The lowest BCUT2D eigenvalue weighted by Gasteiger charge is -2.06. The molecule has 1 aromatic heterocycles. The third-order valence-corrected chi connectivity index (χ3v) is 2.91. The van der Waals surface area contributed by atoms with E-state index in [0.29, 0.717) is 17.2 Å². The highest BCUT2D eigenvalue weighted by molar-refractivity contribution is 6.99. The molecule has 0 radical (unpaired) electrons. The lowest BCUT2D eigenvalue weighted by atomic mass is 9.99. The number of nitrogens with zero attached hydrogens (tertiary/aromatic N) is 2. The van der Waals surface area contributed by atoms with E-state index in [-0.39, 0.29) is 5.78 Å². The normalized spacial score (nSPS) is 10.8. The Morgan fingerprint density at radius 1 is 1.41 bits per heavy atom. The monoisotopic (exact) mass is 246 g/mol. The predicted molar refractivity (Wildman–Crippen MR) is 68.3 cm³/mol. The van der Waals surface area contributed by atoms with Crippen LogP contribution in [-0.2, 0) is 6.42 Å². The van der Waals surface area contributed by atoms with Gasteiger partial charge < -0.3 is 0 Å². The van der Waals surface area contributed by atoms with Crippen LogP contribution in [0.2, 0.25) is 0 Å². The van der Waals surface area contributed by atoms with Gasteiger partial charge in [0.2, 0.25) is 5.78 Å². The smallest absolute Gasteiger partial charge is 0.214 e. The first-order chi connectivity index (χ1) is 8.16. The molecule has 0 atom stereocenters. The van der Waals surface area contributed by atoms with Crippen LogP contribution in [0.1, 0.15) is 35.5 Å². The molecule has 2 rings (SSSR count). The zero-order valence-corrected chi connectivity index (χ0v) is 10.7. The molecule has 0 aliphatic rings. The molecule has 0 bridgehead atoms. The molecule has 0 unspecified atom stereocenters. The highest BCUT2D eigenvalue weighted by atomic mass is 32.1. The molecule has 0 amide bonds. The van der Waals surface area contributed by atoms with Gasteiger partial charge >= 0.3 is 0 Å². The molecule has 0 saturated heterocycles.